The van der Waals surface area contributed by atoms with E-state index in [1.54, 1.807) is 13.2 Å². The van der Waals surface area contributed by atoms with Crippen LogP contribution in [0.25, 0.3) is 10.9 Å². The van der Waals surface area contributed by atoms with Crippen LogP contribution in [0.1, 0.15) is 24.6 Å². The van der Waals surface area contributed by atoms with Gasteiger partial charge in [-0.2, -0.15) is 0 Å². The van der Waals surface area contributed by atoms with E-state index in [9.17, 15) is 9.59 Å². The first-order valence-electron chi connectivity index (χ1n) is 6.22. The minimum Gasteiger partial charge on any atom is -0.496 e. The van der Waals surface area contributed by atoms with Crippen LogP contribution in [0.2, 0.25) is 0 Å². The van der Waals surface area contributed by atoms with Crippen LogP contribution in [0, 0.1) is 6.92 Å². The third kappa shape index (κ3) is 2.52. The van der Waals surface area contributed by atoms with Gasteiger partial charge in [0.15, 0.2) is 5.43 Å². The highest BCUT2D eigenvalue weighted by Gasteiger charge is 2.13. The highest BCUT2D eigenvalue weighted by atomic mass is 16.5. The number of ketones is 1. The van der Waals surface area contributed by atoms with Gasteiger partial charge in [0.1, 0.15) is 11.5 Å². The molecule has 0 radical (unpaired) electrons. The molecule has 4 heteroatoms. The van der Waals surface area contributed by atoms with Crippen LogP contribution in [-0.2, 0) is 11.2 Å². The topological polar surface area (TPSA) is 59.2 Å². The second kappa shape index (κ2) is 5.26. The summed E-state index contributed by atoms with van der Waals surface area (Å²) < 4.78 is 5.24. The largest absolute Gasteiger partial charge is 0.496 e. The van der Waals surface area contributed by atoms with Gasteiger partial charge >= 0.3 is 0 Å². The number of Topliss-reactive ketones (excluding diaryl/α,β-unsaturated/α-hetero) is 1. The lowest BCUT2D eigenvalue weighted by molar-refractivity contribution is -0.116. The maximum absolute atomic E-state index is 12.5. The van der Waals surface area contributed by atoms with Crippen molar-refractivity contribution in [3.05, 3.63) is 39.7 Å². The molecular weight excluding hydrogens is 242 g/mol. The molecule has 0 aliphatic carbocycles. The zero-order chi connectivity index (χ0) is 14.0. The molecule has 19 heavy (non-hydrogen) atoms. The van der Waals surface area contributed by atoms with E-state index in [1.165, 1.54) is 6.92 Å². The SMILES string of the molecule is COc1cccc2[nH]c(C)c(CCC(C)=O)c(=O)c12. The van der Waals surface area contributed by atoms with Gasteiger partial charge < -0.3 is 14.5 Å². The molecule has 4 nitrogen and oxygen atoms in total. The summed E-state index contributed by atoms with van der Waals surface area (Å²) in [6, 6.07) is 5.45. The van der Waals surface area contributed by atoms with Crippen molar-refractivity contribution >= 4 is 16.7 Å². The Kier molecular flexibility index (Phi) is 3.69. The number of hydrogen-bond donors (Lipinski definition) is 1. The first kappa shape index (κ1) is 13.3. The van der Waals surface area contributed by atoms with Gasteiger partial charge in [0.2, 0.25) is 0 Å². The number of benzene rings is 1. The first-order chi connectivity index (χ1) is 9.04. The predicted molar refractivity (Wildman–Crippen MR) is 74.9 cm³/mol. The number of methoxy groups -OCH3 is 1. The van der Waals surface area contributed by atoms with Crippen LogP contribution < -0.4 is 10.2 Å². The highest BCUT2D eigenvalue weighted by molar-refractivity contribution is 5.86. The van der Waals surface area contributed by atoms with Crippen molar-refractivity contribution in [1.82, 2.24) is 4.98 Å². The maximum atomic E-state index is 12.5. The van der Waals surface area contributed by atoms with E-state index in [0.717, 1.165) is 11.2 Å². The second-order valence-corrected chi connectivity index (χ2v) is 4.64. The molecule has 0 saturated heterocycles. The Morgan fingerprint density at radius 3 is 2.74 bits per heavy atom. The number of H-pyrrole nitrogens is 1. The van der Waals surface area contributed by atoms with Gasteiger partial charge in [-0.25, -0.2) is 0 Å². The van der Waals surface area contributed by atoms with Gasteiger partial charge in [-0.15, -0.1) is 0 Å². The lowest BCUT2D eigenvalue weighted by Crippen LogP contribution is -2.15. The van der Waals surface area contributed by atoms with Gasteiger partial charge in [-0.05, 0) is 32.4 Å². The number of nitrogens with one attached hydrogen (secondary N) is 1. The average Bonchev–Trinajstić information content (AvgIpc) is 2.37. The monoisotopic (exact) mass is 259 g/mol. The van der Waals surface area contributed by atoms with Gasteiger partial charge in [0.25, 0.3) is 0 Å². The summed E-state index contributed by atoms with van der Waals surface area (Å²) in [6.45, 7) is 3.39. The molecule has 0 spiro atoms. The number of pyridine rings is 1. The molecule has 1 N–H and O–H groups in total. The number of aromatic nitrogens is 1. The van der Waals surface area contributed by atoms with E-state index in [1.807, 2.05) is 19.1 Å². The van der Waals surface area contributed by atoms with Crippen molar-refractivity contribution in [2.45, 2.75) is 26.7 Å². The molecule has 0 amide bonds. The smallest absolute Gasteiger partial charge is 0.196 e. The van der Waals surface area contributed by atoms with Crippen LogP contribution in [0.3, 0.4) is 0 Å². The molecule has 1 aromatic carbocycles. The minimum absolute atomic E-state index is 0.0510. The lowest BCUT2D eigenvalue weighted by atomic mass is 10.0. The quantitative estimate of drug-likeness (QED) is 0.917. The Labute approximate surface area is 111 Å². The molecule has 100 valence electrons. The summed E-state index contributed by atoms with van der Waals surface area (Å²) in [5.41, 5.74) is 2.18. The second-order valence-electron chi connectivity index (χ2n) is 4.64. The van der Waals surface area contributed by atoms with E-state index in [-0.39, 0.29) is 11.2 Å². The summed E-state index contributed by atoms with van der Waals surface area (Å²) in [7, 11) is 1.54. The van der Waals surface area contributed by atoms with Crippen LogP contribution in [0.5, 0.6) is 5.75 Å². The summed E-state index contributed by atoms with van der Waals surface area (Å²) in [5.74, 6) is 0.641. The number of ether oxygens (including phenoxy) is 1. The molecule has 0 atom stereocenters. The van der Waals surface area contributed by atoms with E-state index >= 15 is 0 Å². The Morgan fingerprint density at radius 1 is 1.37 bits per heavy atom. The molecule has 2 aromatic rings. The first-order valence-corrected chi connectivity index (χ1v) is 6.22. The van der Waals surface area contributed by atoms with E-state index in [0.29, 0.717) is 29.5 Å². The molecule has 0 aliphatic rings. The van der Waals surface area contributed by atoms with Crippen molar-refractivity contribution in [1.29, 1.82) is 0 Å². The summed E-state index contributed by atoms with van der Waals surface area (Å²) in [4.78, 5) is 26.8. The molecular formula is C15H17NO3. The van der Waals surface area contributed by atoms with E-state index in [4.69, 9.17) is 4.74 Å². The van der Waals surface area contributed by atoms with Crippen LogP contribution in [0.15, 0.2) is 23.0 Å². The molecule has 0 unspecified atom stereocenters. The molecule has 0 fully saturated rings. The average molecular weight is 259 g/mol. The molecule has 0 saturated carbocycles. The number of rotatable bonds is 4. The van der Waals surface area contributed by atoms with Gasteiger partial charge in [-0.3, -0.25) is 4.79 Å². The van der Waals surface area contributed by atoms with E-state index < -0.39 is 0 Å². The Hall–Kier alpha value is -2.10. The number of carbonyl (C=O) groups excluding carboxylic acids is 1. The Balaban J connectivity index is 2.65. The number of carbonyl (C=O) groups is 1. The number of aryl methyl sites for hydroxylation is 1. The zero-order valence-corrected chi connectivity index (χ0v) is 11.4. The fraction of sp³-hybridized carbons (Fsp3) is 0.333. The molecule has 1 heterocycles. The Morgan fingerprint density at radius 2 is 2.11 bits per heavy atom. The molecule has 1 aromatic heterocycles. The number of hydrogen-bond acceptors (Lipinski definition) is 3. The summed E-state index contributed by atoms with van der Waals surface area (Å²) in [6.07, 6.45) is 0.842. The molecule has 2 rings (SSSR count). The van der Waals surface area contributed by atoms with Crippen LogP contribution >= 0.6 is 0 Å². The van der Waals surface area contributed by atoms with Crippen molar-refractivity contribution < 1.29 is 9.53 Å². The fourth-order valence-electron chi connectivity index (χ4n) is 2.24. The van der Waals surface area contributed by atoms with Crippen molar-refractivity contribution in [3.8, 4) is 5.75 Å². The Bertz CT molecular complexity index is 686. The maximum Gasteiger partial charge on any atom is 0.196 e. The number of aromatic amines is 1. The van der Waals surface area contributed by atoms with Crippen molar-refractivity contribution in [2.75, 3.05) is 7.11 Å². The third-order valence-electron chi connectivity index (χ3n) is 3.25. The van der Waals surface area contributed by atoms with Crippen LogP contribution in [-0.4, -0.2) is 17.9 Å². The highest BCUT2D eigenvalue weighted by Crippen LogP contribution is 2.22. The predicted octanol–water partition coefficient (Wildman–Crippen LogP) is 2.37. The molecule has 0 bridgehead atoms. The summed E-state index contributed by atoms with van der Waals surface area (Å²) >= 11 is 0. The van der Waals surface area contributed by atoms with Gasteiger partial charge in [0, 0.05) is 17.7 Å². The fourth-order valence-corrected chi connectivity index (χ4v) is 2.24. The van der Waals surface area contributed by atoms with Crippen LogP contribution in [0.4, 0.5) is 0 Å². The van der Waals surface area contributed by atoms with E-state index in [2.05, 4.69) is 4.98 Å². The summed E-state index contributed by atoms with van der Waals surface area (Å²) in [5, 5.41) is 0.550. The van der Waals surface area contributed by atoms with Crippen molar-refractivity contribution in [3.63, 3.8) is 0 Å². The van der Waals surface area contributed by atoms with Crippen molar-refractivity contribution in [2.24, 2.45) is 0 Å². The lowest BCUT2D eigenvalue weighted by Gasteiger charge is -2.10. The number of fused-ring (bicyclic) bond motifs is 1. The van der Waals surface area contributed by atoms with Gasteiger partial charge in [0.05, 0.1) is 18.0 Å². The molecule has 0 aliphatic heterocycles. The zero-order valence-electron chi connectivity index (χ0n) is 11.4. The van der Waals surface area contributed by atoms with Gasteiger partial charge in [-0.1, -0.05) is 6.07 Å². The third-order valence-corrected chi connectivity index (χ3v) is 3.25. The standard InChI is InChI=1S/C15H17NO3/c1-9(17)7-8-11-10(2)16-12-5-4-6-13(19-3)14(12)15(11)18/h4-6H,7-8H2,1-3H3,(H,16,18). The normalized spacial score (nSPS) is 10.7. The minimum atomic E-state index is -0.0510.